The minimum atomic E-state index is -1.33. The summed E-state index contributed by atoms with van der Waals surface area (Å²) in [6, 6.07) is 32.4. The standard InChI is InChI=1S/C50H27B10N3O/c1-24-19-37(61-22-25(24)2)63-35-15-6-3-11-29(35)30-17-16-28(21-36(30)63)64-27-10-7-9-26(20-27)62-23-33(31-12-4-5-14-34(31)62)50(39-42(53)46(57)49(60)47(58)43(39)54)18-8-13-32(50)38-40(51)44(55)48(59)45(56)41(38)52/h3-23H,1-2H3. The predicted molar refractivity (Wildman–Crippen MR) is 276 cm³/mol. The lowest BCUT2D eigenvalue weighted by Gasteiger charge is -2.39. The normalized spacial score (nSPS) is 14.8. The Balaban J connectivity index is 1.15. The van der Waals surface area contributed by atoms with Gasteiger partial charge in [-0.25, -0.2) is 4.98 Å². The summed E-state index contributed by atoms with van der Waals surface area (Å²) >= 11 is 0. The van der Waals surface area contributed by atoms with Gasteiger partial charge in [0.15, 0.2) is 0 Å². The molecule has 0 amide bonds. The number of rotatable bonds is 7. The molecule has 14 heteroatoms. The molecule has 0 N–H and O–H groups in total. The van der Waals surface area contributed by atoms with Gasteiger partial charge in [0.05, 0.1) is 22.0 Å². The summed E-state index contributed by atoms with van der Waals surface area (Å²) in [6.45, 7) is 4.16. The summed E-state index contributed by atoms with van der Waals surface area (Å²) in [5.41, 5.74) is 7.68. The van der Waals surface area contributed by atoms with Crippen molar-refractivity contribution < 1.29 is 4.74 Å². The van der Waals surface area contributed by atoms with Crippen LogP contribution in [0.25, 0.3) is 49.8 Å². The van der Waals surface area contributed by atoms with Gasteiger partial charge in [-0.2, -0.15) is 0 Å². The van der Waals surface area contributed by atoms with Crippen LogP contribution in [0.15, 0.2) is 128 Å². The molecule has 1 aliphatic carbocycles. The second-order valence-corrected chi connectivity index (χ2v) is 16.3. The van der Waals surface area contributed by atoms with E-state index in [9.17, 15) is 0 Å². The summed E-state index contributed by atoms with van der Waals surface area (Å²) in [6.07, 6.45) is 9.62. The van der Waals surface area contributed by atoms with Crippen LogP contribution in [-0.2, 0) is 5.41 Å². The van der Waals surface area contributed by atoms with E-state index in [1.54, 1.807) is 0 Å². The summed E-state index contributed by atoms with van der Waals surface area (Å²) in [5.74, 6) is 2.10. The number of benzene rings is 6. The Hall–Kier alpha value is -6.26. The molecule has 0 fully saturated rings. The molecule has 0 spiro atoms. The maximum absolute atomic E-state index is 6.96. The van der Waals surface area contributed by atoms with Gasteiger partial charge in [0, 0.05) is 46.4 Å². The molecule has 3 aromatic heterocycles. The van der Waals surface area contributed by atoms with Crippen LogP contribution in [0, 0.1) is 13.8 Å². The maximum atomic E-state index is 6.96. The summed E-state index contributed by atoms with van der Waals surface area (Å²) in [5, 5.41) is 3.05. The Bertz CT molecular complexity index is 3480. The monoisotopic (exact) mass is 795 g/mol. The number of aromatic nitrogens is 3. The van der Waals surface area contributed by atoms with Crippen molar-refractivity contribution >= 4 is 171 Å². The van der Waals surface area contributed by atoms with Crippen molar-refractivity contribution in [1.82, 2.24) is 14.1 Å². The lowest BCUT2D eigenvalue weighted by atomic mass is 9.52. The first-order valence-corrected chi connectivity index (χ1v) is 20.5. The van der Waals surface area contributed by atoms with Crippen LogP contribution in [0.5, 0.6) is 11.5 Å². The third-order valence-corrected chi connectivity index (χ3v) is 12.8. The average Bonchev–Trinajstić information content (AvgIpc) is 4.00. The molecule has 20 radical (unpaired) electrons. The first-order valence-electron chi connectivity index (χ1n) is 20.5. The number of aryl methyl sites for hydroxylation is 2. The van der Waals surface area contributed by atoms with E-state index in [1.165, 1.54) is 0 Å². The number of para-hydroxylation sites is 2. The highest BCUT2D eigenvalue weighted by Crippen LogP contribution is 2.49. The van der Waals surface area contributed by atoms with Crippen LogP contribution in [-0.4, -0.2) is 92.6 Å². The molecule has 3 heterocycles. The van der Waals surface area contributed by atoms with E-state index in [2.05, 4.69) is 53.3 Å². The van der Waals surface area contributed by atoms with E-state index in [4.69, 9.17) is 88.2 Å². The molecule has 0 saturated carbocycles. The molecule has 4 nitrogen and oxygen atoms in total. The fourth-order valence-electron chi connectivity index (χ4n) is 9.33. The fourth-order valence-corrected chi connectivity index (χ4v) is 9.33. The molecule has 0 bridgehead atoms. The molecular formula is C50H27B10N3O. The van der Waals surface area contributed by atoms with Crippen LogP contribution in [0.1, 0.15) is 27.8 Å². The van der Waals surface area contributed by atoms with Gasteiger partial charge in [0.2, 0.25) is 0 Å². The molecule has 0 saturated heterocycles. The molecule has 64 heavy (non-hydrogen) atoms. The summed E-state index contributed by atoms with van der Waals surface area (Å²) < 4.78 is 10.9. The number of allylic oxidation sites excluding steroid dienone is 4. The number of ether oxygens (including phenoxy) is 1. The van der Waals surface area contributed by atoms with Gasteiger partial charge in [0.1, 0.15) is 95.8 Å². The Morgan fingerprint density at radius 1 is 0.531 bits per heavy atom. The van der Waals surface area contributed by atoms with Gasteiger partial charge in [-0.3, -0.25) is 4.57 Å². The Morgan fingerprint density at radius 3 is 1.81 bits per heavy atom. The molecule has 10 rings (SSSR count). The summed E-state index contributed by atoms with van der Waals surface area (Å²) in [7, 11) is 66.3. The van der Waals surface area contributed by atoms with Crippen molar-refractivity contribution in [3.05, 3.63) is 156 Å². The van der Waals surface area contributed by atoms with Gasteiger partial charge >= 0.3 is 0 Å². The topological polar surface area (TPSA) is 32.0 Å². The van der Waals surface area contributed by atoms with Crippen LogP contribution in [0.4, 0.5) is 0 Å². The molecule has 6 aromatic carbocycles. The van der Waals surface area contributed by atoms with Gasteiger partial charge < -0.3 is 9.30 Å². The zero-order valence-corrected chi connectivity index (χ0v) is 35.1. The zero-order chi connectivity index (χ0) is 44.9. The van der Waals surface area contributed by atoms with Crippen LogP contribution < -0.4 is 59.4 Å². The third kappa shape index (κ3) is 6.15. The van der Waals surface area contributed by atoms with E-state index in [0.29, 0.717) is 28.2 Å². The maximum Gasteiger partial charge on any atom is 0.137 e. The lowest BCUT2D eigenvalue weighted by Crippen LogP contribution is -2.60. The smallest absolute Gasteiger partial charge is 0.137 e. The number of fused-ring (bicyclic) bond motifs is 4. The minimum absolute atomic E-state index is 0.0724. The molecule has 0 aliphatic heterocycles. The number of nitrogens with zero attached hydrogens (tertiary/aromatic N) is 3. The van der Waals surface area contributed by atoms with E-state index < -0.39 is 5.41 Å². The highest BCUT2D eigenvalue weighted by atomic mass is 16.5. The summed E-state index contributed by atoms with van der Waals surface area (Å²) in [4.78, 5) is 4.83. The highest BCUT2D eigenvalue weighted by Gasteiger charge is 2.44. The Labute approximate surface area is 386 Å². The van der Waals surface area contributed by atoms with Crippen molar-refractivity contribution in [3.8, 4) is 23.0 Å². The van der Waals surface area contributed by atoms with Crippen LogP contribution in [0.3, 0.4) is 0 Å². The second-order valence-electron chi connectivity index (χ2n) is 16.3. The highest BCUT2D eigenvalue weighted by molar-refractivity contribution is 6.69. The molecule has 1 unspecified atom stereocenters. The molecule has 9 aromatic rings. The van der Waals surface area contributed by atoms with E-state index in [-0.39, 0.29) is 54.6 Å². The SMILES string of the molecule is [B]c1c([B])c([B])c(C2=CC=CC2(c2c([B])c([B])c([B])c([B])c2[B])c2cn(-c3cccc(Oc4ccc5c6ccccc6n(-c6cc(C)c(C)cn6)c5c4)c3)c3ccccc23)c([B])c1[B]. The minimum Gasteiger partial charge on any atom is -0.457 e. The van der Waals surface area contributed by atoms with Crippen LogP contribution >= 0.6 is 0 Å². The van der Waals surface area contributed by atoms with E-state index in [0.717, 1.165) is 60.9 Å². The molecular weight excluding hydrogens is 767 g/mol. The number of hydrogen-bond acceptors (Lipinski definition) is 2. The van der Waals surface area contributed by atoms with E-state index >= 15 is 0 Å². The largest absolute Gasteiger partial charge is 0.457 e. The average molecular weight is 794 g/mol. The van der Waals surface area contributed by atoms with Crippen LogP contribution in [0.2, 0.25) is 0 Å². The molecule has 1 aliphatic rings. The van der Waals surface area contributed by atoms with Crippen molar-refractivity contribution in [1.29, 1.82) is 0 Å². The fraction of sp³-hybridized carbons (Fsp3) is 0.0600. The quantitative estimate of drug-likeness (QED) is 0.220. The Kier molecular flexibility index (Phi) is 10.1. The van der Waals surface area contributed by atoms with Crippen molar-refractivity contribution in [2.45, 2.75) is 19.3 Å². The second kappa shape index (κ2) is 15.5. The van der Waals surface area contributed by atoms with E-state index in [1.807, 2.05) is 97.4 Å². The number of hydrogen-bond donors (Lipinski definition) is 0. The first kappa shape index (κ1) is 41.7. The third-order valence-electron chi connectivity index (χ3n) is 12.8. The van der Waals surface area contributed by atoms with Crippen molar-refractivity contribution in [2.24, 2.45) is 0 Å². The van der Waals surface area contributed by atoms with Crippen molar-refractivity contribution in [3.63, 3.8) is 0 Å². The predicted octanol–water partition coefficient (Wildman–Crippen LogP) is 0.409. The lowest BCUT2D eigenvalue weighted by molar-refractivity contribution is 0.483. The molecule has 1 atom stereocenters. The van der Waals surface area contributed by atoms with Gasteiger partial charge in [-0.05, 0) is 89.7 Å². The molecule has 278 valence electrons. The van der Waals surface area contributed by atoms with Gasteiger partial charge in [0.25, 0.3) is 0 Å². The number of pyridine rings is 1. The zero-order valence-electron chi connectivity index (χ0n) is 35.1. The van der Waals surface area contributed by atoms with Gasteiger partial charge in [-0.1, -0.05) is 71.6 Å². The Morgan fingerprint density at radius 2 is 1.12 bits per heavy atom. The van der Waals surface area contributed by atoms with Gasteiger partial charge in [-0.15, -0.1) is 43.7 Å². The first-order chi connectivity index (χ1) is 30.7. The van der Waals surface area contributed by atoms with Crippen molar-refractivity contribution in [2.75, 3.05) is 0 Å².